The van der Waals surface area contributed by atoms with Gasteiger partial charge in [0.05, 0.1) is 12.2 Å². The van der Waals surface area contributed by atoms with Crippen molar-refractivity contribution in [3.05, 3.63) is 47.5 Å². The van der Waals surface area contributed by atoms with Gasteiger partial charge in [0.25, 0.3) is 0 Å². The Morgan fingerprint density at radius 3 is 2.62 bits per heavy atom. The van der Waals surface area contributed by atoms with Crippen LogP contribution in [0.4, 0.5) is 14.6 Å². The quantitative estimate of drug-likeness (QED) is 0.729. The molecule has 2 heterocycles. The smallest absolute Gasteiger partial charge is 0.187 e. The number of rotatable bonds is 3. The summed E-state index contributed by atoms with van der Waals surface area (Å²) in [4.78, 5) is 9.74. The number of fused-ring (bicyclic) bond motifs is 1. The molecule has 0 N–H and O–H groups in total. The normalized spacial score (nSPS) is 11.9. The molecule has 0 aliphatic rings. The van der Waals surface area contributed by atoms with E-state index in [-0.39, 0.29) is 12.4 Å². The number of hydrogen-bond acceptors (Lipinski definition) is 5. The minimum absolute atomic E-state index is 0.188. The highest BCUT2D eigenvalue weighted by atomic mass is 19.1. The van der Waals surface area contributed by atoms with E-state index in [4.69, 9.17) is 4.52 Å². The molecule has 2 aromatic heterocycles. The lowest BCUT2D eigenvalue weighted by atomic mass is 9.91. The Morgan fingerprint density at radius 2 is 1.92 bits per heavy atom. The molecule has 126 valence electrons. The van der Waals surface area contributed by atoms with E-state index in [1.54, 1.807) is 18.0 Å². The van der Waals surface area contributed by atoms with Gasteiger partial charge in [0.1, 0.15) is 17.8 Å². The van der Waals surface area contributed by atoms with Crippen LogP contribution in [0.25, 0.3) is 11.0 Å². The molecule has 0 saturated heterocycles. The van der Waals surface area contributed by atoms with Crippen LogP contribution >= 0.6 is 0 Å². The van der Waals surface area contributed by atoms with Crippen LogP contribution in [0.3, 0.4) is 0 Å². The second kappa shape index (κ2) is 5.81. The molecule has 3 aromatic rings. The lowest BCUT2D eigenvalue weighted by Gasteiger charge is -2.22. The lowest BCUT2D eigenvalue weighted by molar-refractivity contribution is 0.443. The van der Waals surface area contributed by atoms with Gasteiger partial charge in [0.2, 0.25) is 0 Å². The Morgan fingerprint density at radius 1 is 1.17 bits per heavy atom. The van der Waals surface area contributed by atoms with Crippen molar-refractivity contribution in [3.8, 4) is 0 Å². The second-order valence-electron chi connectivity index (χ2n) is 6.74. The maximum Gasteiger partial charge on any atom is 0.187 e. The first-order valence-electron chi connectivity index (χ1n) is 7.53. The average Bonchev–Trinajstić information content (AvgIpc) is 2.88. The monoisotopic (exact) mass is 332 g/mol. The van der Waals surface area contributed by atoms with Gasteiger partial charge >= 0.3 is 0 Å². The Labute approximate surface area is 138 Å². The Hall–Kier alpha value is -2.57. The third kappa shape index (κ3) is 2.93. The molecule has 7 heteroatoms. The molecular formula is C17H18F2N4O. The first-order chi connectivity index (χ1) is 11.3. The number of nitrogens with zero attached hydrogens (tertiary/aromatic N) is 4. The summed E-state index contributed by atoms with van der Waals surface area (Å²) >= 11 is 0. The molecule has 0 radical (unpaired) electrons. The molecule has 0 fully saturated rings. The largest absolute Gasteiger partial charge is 0.356 e. The van der Waals surface area contributed by atoms with Gasteiger partial charge in [-0.3, -0.25) is 0 Å². The molecule has 0 amide bonds. The number of benzene rings is 1. The molecule has 0 unspecified atom stereocenters. The average molecular weight is 332 g/mol. The van der Waals surface area contributed by atoms with E-state index in [1.165, 1.54) is 18.5 Å². The van der Waals surface area contributed by atoms with Crippen LogP contribution in [-0.4, -0.2) is 22.2 Å². The molecule has 1 aromatic carbocycles. The summed E-state index contributed by atoms with van der Waals surface area (Å²) in [6.45, 7) is 5.95. The number of hydrogen-bond donors (Lipinski definition) is 0. The van der Waals surface area contributed by atoms with Crippen molar-refractivity contribution in [1.82, 2.24) is 15.1 Å². The van der Waals surface area contributed by atoms with Crippen molar-refractivity contribution in [2.75, 3.05) is 11.9 Å². The predicted octanol–water partition coefficient (Wildman–Crippen LogP) is 3.83. The van der Waals surface area contributed by atoms with Crippen LogP contribution in [-0.2, 0) is 12.0 Å². The Balaban J connectivity index is 1.93. The standard InChI is InChI=1S/C17H18F2N4O/c1-17(2,3)15-14(19)16(21-9-20-15)23(4)8-12-11-6-5-10(18)7-13(11)24-22-12/h5-7,9H,8H2,1-4H3. The summed E-state index contributed by atoms with van der Waals surface area (Å²) in [5.74, 6) is -0.658. The van der Waals surface area contributed by atoms with Gasteiger partial charge in [-0.2, -0.15) is 0 Å². The molecule has 5 nitrogen and oxygen atoms in total. The summed E-state index contributed by atoms with van der Waals surface area (Å²) in [7, 11) is 1.71. The fourth-order valence-corrected chi connectivity index (χ4v) is 2.53. The fraction of sp³-hybridized carbons (Fsp3) is 0.353. The molecule has 24 heavy (non-hydrogen) atoms. The minimum Gasteiger partial charge on any atom is -0.356 e. The summed E-state index contributed by atoms with van der Waals surface area (Å²) in [6.07, 6.45) is 1.35. The summed E-state index contributed by atoms with van der Waals surface area (Å²) in [5, 5.41) is 4.64. The first-order valence-corrected chi connectivity index (χ1v) is 7.53. The van der Waals surface area contributed by atoms with Crippen molar-refractivity contribution >= 4 is 16.8 Å². The van der Waals surface area contributed by atoms with Gasteiger partial charge in [0.15, 0.2) is 17.2 Å². The van der Waals surface area contributed by atoms with Gasteiger partial charge in [-0.1, -0.05) is 25.9 Å². The van der Waals surface area contributed by atoms with Crippen LogP contribution in [0, 0.1) is 11.6 Å². The number of aromatic nitrogens is 3. The highest BCUT2D eigenvalue weighted by Gasteiger charge is 2.25. The zero-order chi connectivity index (χ0) is 17.5. The first kappa shape index (κ1) is 16.3. The third-order valence-electron chi connectivity index (χ3n) is 3.74. The Bertz CT molecular complexity index is 886. The van der Waals surface area contributed by atoms with Crippen LogP contribution in [0.5, 0.6) is 0 Å². The highest BCUT2D eigenvalue weighted by Crippen LogP contribution is 2.28. The molecule has 0 saturated carbocycles. The summed E-state index contributed by atoms with van der Waals surface area (Å²) in [6, 6.07) is 4.21. The Kier molecular flexibility index (Phi) is 3.95. The van der Waals surface area contributed by atoms with Gasteiger partial charge in [-0.25, -0.2) is 18.7 Å². The predicted molar refractivity (Wildman–Crippen MR) is 86.8 cm³/mol. The van der Waals surface area contributed by atoms with Crippen LogP contribution in [0.15, 0.2) is 29.0 Å². The molecule has 0 aliphatic carbocycles. The maximum absolute atomic E-state index is 14.8. The SMILES string of the molecule is CN(Cc1noc2cc(F)ccc12)c1ncnc(C(C)(C)C)c1F. The van der Waals surface area contributed by atoms with Crippen LogP contribution < -0.4 is 4.90 Å². The lowest BCUT2D eigenvalue weighted by Crippen LogP contribution is -2.23. The molecule has 0 atom stereocenters. The molecular weight excluding hydrogens is 314 g/mol. The van der Waals surface area contributed by atoms with Crippen molar-refractivity contribution in [3.63, 3.8) is 0 Å². The van der Waals surface area contributed by atoms with Crippen molar-refractivity contribution in [2.45, 2.75) is 32.7 Å². The zero-order valence-electron chi connectivity index (χ0n) is 14.0. The van der Waals surface area contributed by atoms with Gasteiger partial charge in [0, 0.05) is 23.9 Å². The molecule has 0 aliphatic heterocycles. The van der Waals surface area contributed by atoms with Crippen molar-refractivity contribution in [2.24, 2.45) is 0 Å². The van der Waals surface area contributed by atoms with Crippen LogP contribution in [0.2, 0.25) is 0 Å². The number of halogens is 2. The van der Waals surface area contributed by atoms with E-state index in [1.807, 2.05) is 20.8 Å². The molecule has 0 spiro atoms. The minimum atomic E-state index is -0.452. The van der Waals surface area contributed by atoms with E-state index in [9.17, 15) is 8.78 Å². The topological polar surface area (TPSA) is 55.1 Å². The molecule has 3 rings (SSSR count). The van der Waals surface area contributed by atoms with Gasteiger partial charge in [-0.05, 0) is 12.1 Å². The zero-order valence-corrected chi connectivity index (χ0v) is 14.0. The summed E-state index contributed by atoms with van der Waals surface area (Å²) in [5.41, 5.74) is 0.868. The second-order valence-corrected chi connectivity index (χ2v) is 6.74. The van der Waals surface area contributed by atoms with E-state index in [0.717, 1.165) is 0 Å². The number of anilines is 1. The highest BCUT2D eigenvalue weighted by molar-refractivity contribution is 5.79. The van der Waals surface area contributed by atoms with E-state index >= 15 is 0 Å². The summed E-state index contributed by atoms with van der Waals surface area (Å²) < 4.78 is 33.1. The van der Waals surface area contributed by atoms with Crippen molar-refractivity contribution < 1.29 is 13.3 Å². The van der Waals surface area contributed by atoms with E-state index in [2.05, 4.69) is 15.1 Å². The van der Waals surface area contributed by atoms with E-state index < -0.39 is 17.0 Å². The van der Waals surface area contributed by atoms with Crippen molar-refractivity contribution in [1.29, 1.82) is 0 Å². The third-order valence-corrected chi connectivity index (χ3v) is 3.74. The van der Waals surface area contributed by atoms with Gasteiger partial charge < -0.3 is 9.42 Å². The van der Waals surface area contributed by atoms with E-state index in [0.29, 0.717) is 22.4 Å². The van der Waals surface area contributed by atoms with Crippen LogP contribution in [0.1, 0.15) is 32.2 Å². The fourth-order valence-electron chi connectivity index (χ4n) is 2.53. The maximum atomic E-state index is 14.8. The molecule has 0 bridgehead atoms. The van der Waals surface area contributed by atoms with Gasteiger partial charge in [-0.15, -0.1) is 0 Å².